The van der Waals surface area contributed by atoms with Crippen LogP contribution in [0, 0.1) is 0 Å². The van der Waals surface area contributed by atoms with Crippen LogP contribution in [-0.4, -0.2) is 43.1 Å². The molecule has 0 aliphatic rings. The molecule has 0 N–H and O–H groups in total. The average molecular weight is 557 g/mol. The Bertz CT molecular complexity index is 1200. The molecule has 6 nitrogen and oxygen atoms in total. The first-order valence-electron chi connectivity index (χ1n) is 10.9. The van der Waals surface area contributed by atoms with E-state index in [1.807, 2.05) is 51.1 Å². The summed E-state index contributed by atoms with van der Waals surface area (Å²) in [7, 11) is -5.41. The standard InChI is InChI=1S/C24H25O3S.C2H3F3O3S/c1-24(2,3)27-23(25)18-26-19-11-10-16-22(17-19)28(20-12-6-4-7-13-20)21-14-8-5-9-15-21;3-2(4,5)1-9(6,7)8/h4-17H,18H2,1-3H3;1H2,(H,6,7,8)/q+1;/p-1. The summed E-state index contributed by atoms with van der Waals surface area (Å²) < 4.78 is 72.1. The van der Waals surface area contributed by atoms with E-state index in [0.29, 0.717) is 5.75 Å². The van der Waals surface area contributed by atoms with Gasteiger partial charge in [0.05, 0.1) is 10.9 Å². The third-order valence-corrected chi connectivity index (χ3v) is 7.01. The molecule has 11 heteroatoms. The summed E-state index contributed by atoms with van der Waals surface area (Å²) in [4.78, 5) is 15.6. The van der Waals surface area contributed by atoms with Crippen LogP contribution in [0.25, 0.3) is 0 Å². The van der Waals surface area contributed by atoms with Crippen molar-refractivity contribution in [1.82, 2.24) is 0 Å². The maximum Gasteiger partial charge on any atom is 0.401 e. The molecular weight excluding hydrogens is 529 g/mol. The smallest absolute Gasteiger partial charge is 0.401 e. The molecule has 0 atom stereocenters. The molecule has 3 rings (SSSR count). The van der Waals surface area contributed by atoms with E-state index in [4.69, 9.17) is 9.47 Å². The summed E-state index contributed by atoms with van der Waals surface area (Å²) in [5.74, 6) is -2.00. The van der Waals surface area contributed by atoms with Crippen molar-refractivity contribution in [3.05, 3.63) is 84.9 Å². The molecule has 3 aromatic rings. The van der Waals surface area contributed by atoms with Crippen LogP contribution in [0.3, 0.4) is 0 Å². The number of halogens is 3. The molecule has 0 aliphatic carbocycles. The quantitative estimate of drug-likeness (QED) is 0.214. The summed E-state index contributed by atoms with van der Waals surface area (Å²) >= 11 is 0. The molecule has 0 saturated heterocycles. The second kappa shape index (κ2) is 13.0. The van der Waals surface area contributed by atoms with Crippen LogP contribution in [0.15, 0.2) is 99.6 Å². The lowest BCUT2D eigenvalue weighted by atomic mass is 10.2. The Morgan fingerprint density at radius 2 is 1.32 bits per heavy atom. The molecule has 0 amide bonds. The first-order valence-corrected chi connectivity index (χ1v) is 13.7. The van der Waals surface area contributed by atoms with E-state index in [-0.39, 0.29) is 23.5 Å². The molecule has 0 heterocycles. The molecular formula is C26H27F3O6S2. The second-order valence-corrected chi connectivity index (χ2v) is 12.0. The Labute approximate surface area is 217 Å². The number of hydrogen-bond acceptors (Lipinski definition) is 6. The zero-order valence-electron chi connectivity index (χ0n) is 20.4. The Morgan fingerprint density at radius 3 is 1.73 bits per heavy atom. The normalized spacial score (nSPS) is 11.9. The van der Waals surface area contributed by atoms with Gasteiger partial charge in [-0.1, -0.05) is 42.5 Å². The van der Waals surface area contributed by atoms with Crippen LogP contribution < -0.4 is 4.74 Å². The van der Waals surface area contributed by atoms with Crippen molar-refractivity contribution in [3.8, 4) is 5.75 Å². The minimum absolute atomic E-state index is 0.106. The van der Waals surface area contributed by atoms with Gasteiger partial charge in [0, 0.05) is 6.07 Å². The van der Waals surface area contributed by atoms with Crippen molar-refractivity contribution in [1.29, 1.82) is 0 Å². The maximum absolute atomic E-state index is 11.9. The zero-order valence-corrected chi connectivity index (χ0v) is 22.0. The Morgan fingerprint density at radius 1 is 0.838 bits per heavy atom. The fraction of sp³-hybridized carbons (Fsp3) is 0.269. The fourth-order valence-electron chi connectivity index (χ4n) is 2.93. The van der Waals surface area contributed by atoms with Gasteiger partial charge < -0.3 is 14.0 Å². The van der Waals surface area contributed by atoms with Crippen molar-refractivity contribution >= 4 is 27.0 Å². The first kappa shape index (κ1) is 30.2. The van der Waals surface area contributed by atoms with E-state index < -0.39 is 27.6 Å². The summed E-state index contributed by atoms with van der Waals surface area (Å²) in [6, 6.07) is 28.8. The number of benzene rings is 3. The van der Waals surface area contributed by atoms with Crippen LogP contribution in [-0.2, 0) is 30.5 Å². The third-order valence-electron chi connectivity index (χ3n) is 4.12. The van der Waals surface area contributed by atoms with E-state index in [0.717, 1.165) is 4.90 Å². The molecule has 37 heavy (non-hydrogen) atoms. The fourth-order valence-corrected chi connectivity index (χ4v) is 5.45. The van der Waals surface area contributed by atoms with Crippen LogP contribution >= 0.6 is 0 Å². The monoisotopic (exact) mass is 556 g/mol. The molecule has 3 aromatic carbocycles. The number of carbonyl (C=O) groups excluding carboxylic acids is 1. The SMILES string of the molecule is CC(C)(C)OC(=O)COc1cccc([S+](c2ccccc2)c2ccccc2)c1.O=S(=O)([O-])CC(F)(F)F. The van der Waals surface area contributed by atoms with Crippen LogP contribution in [0.5, 0.6) is 5.75 Å². The molecule has 0 unspecified atom stereocenters. The largest absolute Gasteiger partial charge is 0.748 e. The Hall–Kier alpha value is -3.02. The topological polar surface area (TPSA) is 92.7 Å². The van der Waals surface area contributed by atoms with E-state index >= 15 is 0 Å². The van der Waals surface area contributed by atoms with Gasteiger partial charge in [-0.3, -0.25) is 0 Å². The molecule has 0 aliphatic heterocycles. The lowest BCUT2D eigenvalue weighted by Gasteiger charge is -2.19. The predicted octanol–water partition coefficient (Wildman–Crippen LogP) is 5.60. The highest BCUT2D eigenvalue weighted by Gasteiger charge is 2.30. The van der Waals surface area contributed by atoms with E-state index in [9.17, 15) is 30.9 Å². The number of esters is 1. The van der Waals surface area contributed by atoms with Crippen molar-refractivity contribution in [3.63, 3.8) is 0 Å². The number of carbonyl (C=O) groups is 1. The van der Waals surface area contributed by atoms with E-state index in [2.05, 4.69) is 54.6 Å². The highest BCUT2D eigenvalue weighted by atomic mass is 32.2. The number of rotatable bonds is 7. The van der Waals surface area contributed by atoms with Gasteiger partial charge in [-0.05, 0) is 57.2 Å². The third kappa shape index (κ3) is 12.2. The molecule has 0 aromatic heterocycles. The number of alkyl halides is 3. The minimum Gasteiger partial charge on any atom is -0.748 e. The van der Waals surface area contributed by atoms with Gasteiger partial charge in [-0.25, -0.2) is 13.2 Å². The Balaban J connectivity index is 0.000000458. The van der Waals surface area contributed by atoms with Crippen LogP contribution in [0.1, 0.15) is 20.8 Å². The summed E-state index contributed by atoms with van der Waals surface area (Å²) in [6.45, 7) is 5.43. The first-order chi connectivity index (χ1) is 17.1. The van der Waals surface area contributed by atoms with Gasteiger partial charge in [0.1, 0.15) is 27.2 Å². The molecule has 0 saturated carbocycles. The van der Waals surface area contributed by atoms with Gasteiger partial charge in [0.15, 0.2) is 21.3 Å². The molecule has 0 fully saturated rings. The lowest BCUT2D eigenvalue weighted by Crippen LogP contribution is -2.27. The van der Waals surface area contributed by atoms with Gasteiger partial charge in [0.25, 0.3) is 0 Å². The zero-order chi connectivity index (χ0) is 27.7. The average Bonchev–Trinajstić information content (AvgIpc) is 2.77. The Kier molecular flexibility index (Phi) is 10.6. The summed E-state index contributed by atoms with van der Waals surface area (Å²) in [5, 5.41) is 0. The van der Waals surface area contributed by atoms with Crippen molar-refractivity contribution in [2.45, 2.75) is 47.2 Å². The second-order valence-electron chi connectivity index (χ2n) is 8.60. The van der Waals surface area contributed by atoms with E-state index in [1.165, 1.54) is 9.79 Å². The summed E-state index contributed by atoms with van der Waals surface area (Å²) in [6.07, 6.45) is -4.92. The van der Waals surface area contributed by atoms with Crippen molar-refractivity contribution in [2.24, 2.45) is 0 Å². The maximum atomic E-state index is 11.9. The van der Waals surface area contributed by atoms with Gasteiger partial charge in [-0.2, -0.15) is 13.2 Å². The van der Waals surface area contributed by atoms with Gasteiger partial charge >= 0.3 is 12.1 Å². The van der Waals surface area contributed by atoms with Gasteiger partial charge in [0.2, 0.25) is 0 Å². The van der Waals surface area contributed by atoms with Gasteiger partial charge in [-0.15, -0.1) is 0 Å². The van der Waals surface area contributed by atoms with Crippen molar-refractivity contribution in [2.75, 3.05) is 12.4 Å². The number of hydrogen-bond donors (Lipinski definition) is 0. The molecule has 200 valence electrons. The molecule has 0 radical (unpaired) electrons. The minimum atomic E-state index is -5.16. The van der Waals surface area contributed by atoms with E-state index in [1.54, 1.807) is 0 Å². The van der Waals surface area contributed by atoms with Crippen LogP contribution in [0.2, 0.25) is 0 Å². The summed E-state index contributed by atoms with van der Waals surface area (Å²) in [5.41, 5.74) is -0.518. The molecule has 0 bridgehead atoms. The highest BCUT2D eigenvalue weighted by Crippen LogP contribution is 2.32. The lowest BCUT2D eigenvalue weighted by molar-refractivity contribution is -0.157. The highest BCUT2D eigenvalue weighted by molar-refractivity contribution is 7.97. The van der Waals surface area contributed by atoms with Crippen LogP contribution in [0.4, 0.5) is 13.2 Å². The molecule has 0 spiro atoms. The van der Waals surface area contributed by atoms with Crippen molar-refractivity contribution < 1.29 is 40.4 Å². The number of ether oxygens (including phenoxy) is 2. The predicted molar refractivity (Wildman–Crippen MR) is 133 cm³/mol.